The summed E-state index contributed by atoms with van der Waals surface area (Å²) < 4.78 is 19.1. The van der Waals surface area contributed by atoms with Gasteiger partial charge in [0.15, 0.2) is 0 Å². The first kappa shape index (κ1) is 10.4. The predicted octanol–water partition coefficient (Wildman–Crippen LogP) is 2.66. The van der Waals surface area contributed by atoms with Crippen molar-refractivity contribution < 1.29 is 8.39 Å². The van der Waals surface area contributed by atoms with Crippen LogP contribution in [-0.2, 0) is 17.8 Å². The van der Waals surface area contributed by atoms with E-state index in [1.54, 1.807) is 4.31 Å². The fraction of sp³-hybridized carbons (Fsp3) is 0.0769. The third-order valence-corrected chi connectivity index (χ3v) is 3.69. The molecule has 1 aliphatic rings. The van der Waals surface area contributed by atoms with Gasteiger partial charge in [-0.25, -0.2) is 0 Å². The Bertz CT molecular complexity index is 556. The molecule has 0 amide bonds. The average molecular weight is 245 g/mol. The second kappa shape index (κ2) is 4.22. The molecule has 1 heterocycles. The van der Waals surface area contributed by atoms with Crippen LogP contribution in [0.5, 0.6) is 5.75 Å². The van der Waals surface area contributed by atoms with Crippen molar-refractivity contribution in [2.45, 2.75) is 6.54 Å². The predicted molar refractivity (Wildman–Crippen MR) is 67.8 cm³/mol. The molecule has 1 atom stereocenters. The Balaban J connectivity index is 1.98. The largest absolute Gasteiger partial charge is 0.385 e. The average Bonchev–Trinajstić information content (AvgIpc) is 2.39. The van der Waals surface area contributed by atoms with E-state index in [2.05, 4.69) is 0 Å². The molecular formula is C13H11NO2S. The minimum absolute atomic E-state index is 0.604. The second-order valence-electron chi connectivity index (χ2n) is 3.78. The van der Waals surface area contributed by atoms with Crippen molar-refractivity contribution in [2.75, 3.05) is 4.31 Å². The Kier molecular flexibility index (Phi) is 2.57. The van der Waals surface area contributed by atoms with Crippen LogP contribution in [0.15, 0.2) is 54.6 Å². The summed E-state index contributed by atoms with van der Waals surface area (Å²) in [5, 5.41) is 0. The molecule has 0 bridgehead atoms. The van der Waals surface area contributed by atoms with E-state index >= 15 is 0 Å². The van der Waals surface area contributed by atoms with Crippen molar-refractivity contribution in [1.29, 1.82) is 0 Å². The molecule has 0 fully saturated rings. The van der Waals surface area contributed by atoms with E-state index < -0.39 is 11.3 Å². The minimum Gasteiger partial charge on any atom is -0.385 e. The van der Waals surface area contributed by atoms with Crippen LogP contribution in [0.3, 0.4) is 0 Å². The van der Waals surface area contributed by atoms with E-state index in [-0.39, 0.29) is 0 Å². The molecule has 17 heavy (non-hydrogen) atoms. The third kappa shape index (κ3) is 1.91. The summed E-state index contributed by atoms with van der Waals surface area (Å²) in [7, 11) is 0. The van der Waals surface area contributed by atoms with Crippen molar-refractivity contribution >= 4 is 17.0 Å². The minimum atomic E-state index is -1.46. The molecule has 3 nitrogen and oxygen atoms in total. The lowest BCUT2D eigenvalue weighted by Crippen LogP contribution is -2.32. The van der Waals surface area contributed by atoms with E-state index in [4.69, 9.17) is 4.18 Å². The summed E-state index contributed by atoms with van der Waals surface area (Å²) in [4.78, 5) is 0. The number of para-hydroxylation sites is 2. The van der Waals surface area contributed by atoms with E-state index in [0.717, 1.165) is 11.3 Å². The van der Waals surface area contributed by atoms with E-state index in [1.165, 1.54) is 0 Å². The van der Waals surface area contributed by atoms with Crippen molar-refractivity contribution in [2.24, 2.45) is 0 Å². The van der Waals surface area contributed by atoms with Gasteiger partial charge >= 0.3 is 11.3 Å². The zero-order valence-corrected chi connectivity index (χ0v) is 9.89. The zero-order valence-electron chi connectivity index (χ0n) is 9.08. The number of benzene rings is 2. The fourth-order valence-corrected chi connectivity index (χ4v) is 2.76. The first-order chi connectivity index (χ1) is 8.34. The van der Waals surface area contributed by atoms with Gasteiger partial charge in [-0.3, -0.25) is 4.31 Å². The van der Waals surface area contributed by atoms with Gasteiger partial charge in [-0.05, 0) is 18.2 Å². The first-order valence-corrected chi connectivity index (χ1v) is 6.38. The highest BCUT2D eigenvalue weighted by Crippen LogP contribution is 2.30. The second-order valence-corrected chi connectivity index (χ2v) is 4.82. The Hall–Kier alpha value is -1.81. The van der Waals surface area contributed by atoms with E-state index in [0.29, 0.717) is 12.3 Å². The Morgan fingerprint density at radius 3 is 2.53 bits per heavy atom. The molecule has 0 spiro atoms. The monoisotopic (exact) mass is 245 g/mol. The van der Waals surface area contributed by atoms with Crippen LogP contribution in [0, 0.1) is 0 Å². The molecular weight excluding hydrogens is 234 g/mol. The maximum Gasteiger partial charge on any atom is 0.319 e. The molecule has 0 aliphatic carbocycles. The number of rotatable bonds is 1. The van der Waals surface area contributed by atoms with Crippen LogP contribution >= 0.6 is 0 Å². The van der Waals surface area contributed by atoms with Gasteiger partial charge in [0.1, 0.15) is 5.75 Å². The van der Waals surface area contributed by atoms with Crippen LogP contribution in [0.25, 0.3) is 0 Å². The van der Waals surface area contributed by atoms with Crippen molar-refractivity contribution in [1.82, 2.24) is 0 Å². The molecule has 0 radical (unpaired) electrons. The quantitative estimate of drug-likeness (QED) is 0.773. The summed E-state index contributed by atoms with van der Waals surface area (Å²) >= 11 is -1.46. The lowest BCUT2D eigenvalue weighted by molar-refractivity contribution is 0.537. The number of hydrogen-bond donors (Lipinski definition) is 0. The molecule has 0 saturated carbocycles. The van der Waals surface area contributed by atoms with Gasteiger partial charge in [0.2, 0.25) is 0 Å². The highest BCUT2D eigenvalue weighted by Gasteiger charge is 2.24. The highest BCUT2D eigenvalue weighted by atomic mass is 32.2. The number of nitrogens with zero attached hydrogens (tertiary/aromatic N) is 1. The number of anilines is 1. The highest BCUT2D eigenvalue weighted by molar-refractivity contribution is 7.82. The van der Waals surface area contributed by atoms with Gasteiger partial charge in [-0.1, -0.05) is 36.4 Å². The topological polar surface area (TPSA) is 29.5 Å². The van der Waals surface area contributed by atoms with Crippen LogP contribution in [0.1, 0.15) is 5.56 Å². The molecule has 86 valence electrons. The van der Waals surface area contributed by atoms with E-state index in [1.807, 2.05) is 54.6 Å². The normalized spacial score (nSPS) is 18.4. The lowest BCUT2D eigenvalue weighted by Gasteiger charge is -2.28. The molecule has 0 N–H and O–H groups in total. The summed E-state index contributed by atoms with van der Waals surface area (Å²) in [5.41, 5.74) is 1.95. The van der Waals surface area contributed by atoms with Gasteiger partial charge in [-0.15, -0.1) is 0 Å². The van der Waals surface area contributed by atoms with Crippen molar-refractivity contribution in [3.63, 3.8) is 0 Å². The molecule has 2 aromatic rings. The molecule has 1 aliphatic heterocycles. The lowest BCUT2D eigenvalue weighted by atomic mass is 10.2. The molecule has 4 heteroatoms. The maximum atomic E-state index is 12.0. The Labute approximate surface area is 102 Å². The maximum absolute atomic E-state index is 12.0. The van der Waals surface area contributed by atoms with Crippen molar-refractivity contribution in [3.8, 4) is 5.75 Å². The van der Waals surface area contributed by atoms with Gasteiger partial charge in [0.25, 0.3) is 0 Å². The fourth-order valence-electron chi connectivity index (χ4n) is 1.82. The summed E-state index contributed by atoms with van der Waals surface area (Å²) in [6.45, 7) is 0.604. The van der Waals surface area contributed by atoms with Gasteiger partial charge < -0.3 is 4.18 Å². The van der Waals surface area contributed by atoms with Crippen LogP contribution in [0.4, 0.5) is 5.69 Å². The zero-order chi connectivity index (χ0) is 11.7. The molecule has 1 unspecified atom stereocenters. The molecule has 0 aromatic heterocycles. The van der Waals surface area contributed by atoms with Crippen LogP contribution in [-0.4, -0.2) is 4.21 Å². The van der Waals surface area contributed by atoms with Gasteiger partial charge in [0, 0.05) is 5.56 Å². The summed E-state index contributed by atoms with van der Waals surface area (Å²) in [6, 6.07) is 17.3. The number of fused-ring (bicyclic) bond motifs is 1. The van der Waals surface area contributed by atoms with E-state index in [9.17, 15) is 4.21 Å². The Morgan fingerprint density at radius 2 is 1.71 bits per heavy atom. The van der Waals surface area contributed by atoms with Gasteiger partial charge in [0.05, 0.1) is 12.2 Å². The van der Waals surface area contributed by atoms with Gasteiger partial charge in [-0.2, -0.15) is 4.21 Å². The standard InChI is InChI=1S/C13H11NO2S/c15-17-14(12-7-2-1-3-8-12)10-11-6-4-5-9-13(11)16-17/h1-9H,10H2. The Morgan fingerprint density at radius 1 is 1.00 bits per heavy atom. The first-order valence-electron chi connectivity index (χ1n) is 5.35. The van der Waals surface area contributed by atoms with Crippen molar-refractivity contribution in [3.05, 3.63) is 60.2 Å². The van der Waals surface area contributed by atoms with Crippen LogP contribution < -0.4 is 8.49 Å². The summed E-state index contributed by atoms with van der Waals surface area (Å²) in [5.74, 6) is 0.706. The molecule has 0 saturated heterocycles. The summed E-state index contributed by atoms with van der Waals surface area (Å²) in [6.07, 6.45) is 0. The number of hydrogen-bond acceptors (Lipinski definition) is 2. The molecule has 3 rings (SSSR count). The third-order valence-electron chi connectivity index (χ3n) is 2.67. The molecule has 2 aromatic carbocycles. The van der Waals surface area contributed by atoms with Crippen LogP contribution in [0.2, 0.25) is 0 Å². The SMILES string of the molecule is O=S1Oc2ccccc2CN1c1ccccc1. The smallest absolute Gasteiger partial charge is 0.319 e.